The number of nitrogens with one attached hydrogen (secondary N) is 3. The Morgan fingerprint density at radius 1 is 1.12 bits per heavy atom. The normalized spacial score (nSPS) is 11.8. The van der Waals surface area contributed by atoms with E-state index in [2.05, 4.69) is 22.5 Å². The minimum absolute atomic E-state index is 0.411. The summed E-state index contributed by atoms with van der Waals surface area (Å²) < 4.78 is 15.8. The van der Waals surface area contributed by atoms with E-state index in [9.17, 15) is 4.79 Å². The van der Waals surface area contributed by atoms with E-state index in [1.54, 1.807) is 43.5 Å². The van der Waals surface area contributed by atoms with Crippen molar-refractivity contribution >= 4 is 23.1 Å². The maximum absolute atomic E-state index is 12.2. The van der Waals surface area contributed by atoms with Gasteiger partial charge in [0, 0.05) is 17.8 Å². The van der Waals surface area contributed by atoms with Gasteiger partial charge >= 0.3 is 6.03 Å². The molecular weight excluding hydrogens is 310 g/mol. The van der Waals surface area contributed by atoms with E-state index in [0.29, 0.717) is 34.5 Å². The van der Waals surface area contributed by atoms with Crippen molar-refractivity contribution in [3.8, 4) is 17.2 Å². The fourth-order valence-electron chi connectivity index (χ4n) is 2.29. The highest BCUT2D eigenvalue weighted by Crippen LogP contribution is 2.35. The topological polar surface area (TPSA) is 80.9 Å². The monoisotopic (exact) mass is 327 g/mol. The van der Waals surface area contributed by atoms with Crippen LogP contribution in [0, 0.1) is 0 Å². The molecule has 1 heterocycles. The number of anilines is 3. The van der Waals surface area contributed by atoms with Crippen molar-refractivity contribution in [3.05, 3.63) is 48.9 Å². The summed E-state index contributed by atoms with van der Waals surface area (Å²) in [6.07, 6.45) is 0. The lowest BCUT2D eigenvalue weighted by molar-refractivity contribution is 0.262. The predicted octanol–water partition coefficient (Wildman–Crippen LogP) is 3.62. The Kier molecular flexibility index (Phi) is 4.15. The van der Waals surface area contributed by atoms with Crippen molar-refractivity contribution in [2.75, 3.05) is 30.2 Å². The number of ether oxygens (including phenoxy) is 3. The molecule has 1 aliphatic rings. The molecule has 0 saturated carbocycles. The second-order valence-corrected chi connectivity index (χ2v) is 5.01. The van der Waals surface area contributed by atoms with Gasteiger partial charge in [-0.2, -0.15) is 0 Å². The molecule has 7 heteroatoms. The molecule has 2 amide bonds. The Bertz CT molecular complexity index is 804. The summed E-state index contributed by atoms with van der Waals surface area (Å²) in [5, 5.41) is 8.44. The van der Waals surface area contributed by atoms with Crippen molar-refractivity contribution in [1.82, 2.24) is 0 Å². The molecule has 0 unspecified atom stereocenters. The number of amides is 2. The second-order valence-electron chi connectivity index (χ2n) is 5.01. The molecule has 0 aliphatic carbocycles. The number of hydrogen-bond donors (Lipinski definition) is 3. The van der Waals surface area contributed by atoms with E-state index in [0.717, 1.165) is 5.69 Å². The second kappa shape index (κ2) is 6.41. The fourth-order valence-corrected chi connectivity index (χ4v) is 2.29. The lowest BCUT2D eigenvalue weighted by Gasteiger charge is -2.12. The summed E-state index contributed by atoms with van der Waals surface area (Å²) in [6.45, 7) is 3.69. The SMILES string of the molecule is C=C1Nc2ccc(NC(=O)Nc3cc(OC)ccc3OC)cc2O1. The maximum atomic E-state index is 12.2. The van der Waals surface area contributed by atoms with Crippen molar-refractivity contribution in [3.63, 3.8) is 0 Å². The van der Waals surface area contributed by atoms with Gasteiger partial charge in [-0.3, -0.25) is 0 Å². The first-order valence-electron chi connectivity index (χ1n) is 7.17. The Morgan fingerprint density at radius 3 is 2.71 bits per heavy atom. The number of benzene rings is 2. The predicted molar refractivity (Wildman–Crippen MR) is 92.0 cm³/mol. The average molecular weight is 327 g/mol. The first-order chi connectivity index (χ1) is 11.6. The number of carbonyl (C=O) groups excluding carboxylic acids is 1. The zero-order valence-electron chi connectivity index (χ0n) is 13.3. The van der Waals surface area contributed by atoms with Gasteiger partial charge in [0.15, 0.2) is 11.6 Å². The van der Waals surface area contributed by atoms with Crippen LogP contribution >= 0.6 is 0 Å². The number of fused-ring (bicyclic) bond motifs is 1. The quantitative estimate of drug-likeness (QED) is 0.799. The van der Waals surface area contributed by atoms with Crippen LogP contribution in [0.25, 0.3) is 0 Å². The molecule has 3 rings (SSSR count). The van der Waals surface area contributed by atoms with Gasteiger partial charge in [-0.15, -0.1) is 0 Å². The molecule has 0 atom stereocenters. The van der Waals surface area contributed by atoms with Crippen LogP contribution in [0.1, 0.15) is 0 Å². The van der Waals surface area contributed by atoms with Crippen LogP contribution in [0.4, 0.5) is 21.9 Å². The van der Waals surface area contributed by atoms with E-state index in [-0.39, 0.29) is 0 Å². The highest BCUT2D eigenvalue weighted by molar-refractivity contribution is 6.01. The maximum Gasteiger partial charge on any atom is 0.323 e. The summed E-state index contributed by atoms with van der Waals surface area (Å²) in [7, 11) is 3.08. The third kappa shape index (κ3) is 3.19. The van der Waals surface area contributed by atoms with E-state index in [1.807, 2.05) is 0 Å². The van der Waals surface area contributed by atoms with Gasteiger partial charge in [-0.1, -0.05) is 0 Å². The zero-order valence-corrected chi connectivity index (χ0v) is 13.3. The van der Waals surface area contributed by atoms with Crippen molar-refractivity contribution in [1.29, 1.82) is 0 Å². The smallest absolute Gasteiger partial charge is 0.323 e. The third-order valence-corrected chi connectivity index (χ3v) is 3.40. The highest BCUT2D eigenvalue weighted by Gasteiger charge is 2.16. The van der Waals surface area contributed by atoms with Gasteiger partial charge in [0.1, 0.15) is 11.5 Å². The number of methoxy groups -OCH3 is 2. The number of hydrogen-bond acceptors (Lipinski definition) is 5. The van der Waals surface area contributed by atoms with Crippen LogP contribution in [-0.2, 0) is 0 Å². The van der Waals surface area contributed by atoms with Crippen LogP contribution in [0.2, 0.25) is 0 Å². The van der Waals surface area contributed by atoms with Crippen molar-refractivity contribution in [2.24, 2.45) is 0 Å². The molecule has 0 bridgehead atoms. The third-order valence-electron chi connectivity index (χ3n) is 3.40. The number of urea groups is 1. The fraction of sp³-hybridized carbons (Fsp3) is 0.118. The zero-order chi connectivity index (χ0) is 17.1. The van der Waals surface area contributed by atoms with Gasteiger partial charge in [0.25, 0.3) is 0 Å². The minimum Gasteiger partial charge on any atom is -0.497 e. The molecule has 2 aromatic carbocycles. The average Bonchev–Trinajstić information content (AvgIpc) is 2.94. The highest BCUT2D eigenvalue weighted by atomic mass is 16.5. The summed E-state index contributed by atoms with van der Waals surface area (Å²) in [5.74, 6) is 2.20. The molecular formula is C17H17N3O4. The van der Waals surface area contributed by atoms with Crippen LogP contribution in [0.15, 0.2) is 48.9 Å². The molecule has 3 N–H and O–H groups in total. The lowest BCUT2D eigenvalue weighted by Crippen LogP contribution is -2.19. The van der Waals surface area contributed by atoms with Crippen molar-refractivity contribution in [2.45, 2.75) is 0 Å². The van der Waals surface area contributed by atoms with E-state index < -0.39 is 6.03 Å². The molecule has 0 spiro atoms. The Labute approximate surface area is 139 Å². The summed E-state index contributed by atoms with van der Waals surface area (Å²) in [5.41, 5.74) is 1.90. The standard InChI is InChI=1S/C17H17N3O4/c1-10-18-13-6-4-11(8-16(13)24-10)19-17(21)20-14-9-12(22-2)5-7-15(14)23-3/h4-9,18H,1H2,2-3H3,(H2,19,20,21). The molecule has 7 nitrogen and oxygen atoms in total. The molecule has 0 radical (unpaired) electrons. The molecule has 0 saturated heterocycles. The molecule has 0 fully saturated rings. The van der Waals surface area contributed by atoms with Crippen LogP contribution in [-0.4, -0.2) is 20.3 Å². The van der Waals surface area contributed by atoms with Gasteiger partial charge in [-0.05, 0) is 30.8 Å². The van der Waals surface area contributed by atoms with Crippen LogP contribution in [0.3, 0.4) is 0 Å². The molecule has 1 aliphatic heterocycles. The Hall–Kier alpha value is -3.35. The van der Waals surface area contributed by atoms with E-state index in [1.165, 1.54) is 7.11 Å². The van der Waals surface area contributed by atoms with Gasteiger partial charge in [-0.25, -0.2) is 4.79 Å². The minimum atomic E-state index is -0.411. The van der Waals surface area contributed by atoms with Crippen LogP contribution in [0.5, 0.6) is 17.2 Å². The summed E-state index contributed by atoms with van der Waals surface area (Å²) >= 11 is 0. The number of carbonyl (C=O) groups is 1. The first kappa shape index (κ1) is 15.5. The van der Waals surface area contributed by atoms with E-state index in [4.69, 9.17) is 14.2 Å². The summed E-state index contributed by atoms with van der Waals surface area (Å²) in [4.78, 5) is 12.2. The van der Waals surface area contributed by atoms with Gasteiger partial charge in [0.05, 0.1) is 25.6 Å². The lowest BCUT2D eigenvalue weighted by atomic mass is 10.2. The van der Waals surface area contributed by atoms with Gasteiger partial charge < -0.3 is 30.2 Å². The Morgan fingerprint density at radius 2 is 1.96 bits per heavy atom. The van der Waals surface area contributed by atoms with E-state index >= 15 is 0 Å². The molecule has 124 valence electrons. The molecule has 2 aromatic rings. The van der Waals surface area contributed by atoms with Gasteiger partial charge in [0.2, 0.25) is 0 Å². The summed E-state index contributed by atoms with van der Waals surface area (Å²) in [6, 6.07) is 10.0. The number of rotatable bonds is 4. The molecule has 0 aromatic heterocycles. The first-order valence-corrected chi connectivity index (χ1v) is 7.17. The Balaban J connectivity index is 1.72. The van der Waals surface area contributed by atoms with Crippen LogP contribution < -0.4 is 30.2 Å². The largest absolute Gasteiger partial charge is 0.497 e. The van der Waals surface area contributed by atoms with Crippen molar-refractivity contribution < 1.29 is 19.0 Å². The molecule has 24 heavy (non-hydrogen) atoms.